The molecule has 6 nitrogen and oxygen atoms in total. The minimum Gasteiger partial charge on any atom is -0.493 e. The van der Waals surface area contributed by atoms with Crippen molar-refractivity contribution in [3.8, 4) is 11.5 Å². The fourth-order valence-corrected chi connectivity index (χ4v) is 4.11. The average molecular weight is 553 g/mol. The van der Waals surface area contributed by atoms with Crippen LogP contribution in [0, 0.1) is 5.92 Å². The number of nitrogens with one attached hydrogen (secondary N) is 1. The Bertz CT molecular complexity index is 824. The fraction of sp³-hybridized carbons (Fsp3) is 0.480. The highest BCUT2D eigenvalue weighted by Crippen LogP contribution is 2.29. The van der Waals surface area contributed by atoms with E-state index in [1.54, 1.807) is 14.2 Å². The van der Waals surface area contributed by atoms with Crippen LogP contribution in [0.4, 0.5) is 5.69 Å². The smallest absolute Gasteiger partial charge is 0.193 e. The molecule has 7 heteroatoms. The van der Waals surface area contributed by atoms with E-state index in [1.807, 2.05) is 18.2 Å². The van der Waals surface area contributed by atoms with E-state index < -0.39 is 0 Å². The van der Waals surface area contributed by atoms with Crippen molar-refractivity contribution < 1.29 is 9.47 Å². The second kappa shape index (κ2) is 14.2. The van der Waals surface area contributed by atoms with Crippen LogP contribution >= 0.6 is 24.0 Å². The highest BCUT2D eigenvalue weighted by molar-refractivity contribution is 14.0. The first-order valence-corrected chi connectivity index (χ1v) is 11.2. The maximum atomic E-state index is 6.03. The molecular formula is C25H37IN4O2. The molecule has 0 spiro atoms. The summed E-state index contributed by atoms with van der Waals surface area (Å²) >= 11 is 0. The van der Waals surface area contributed by atoms with E-state index in [9.17, 15) is 0 Å². The number of piperidine rings is 1. The number of guanidine groups is 1. The van der Waals surface area contributed by atoms with Gasteiger partial charge in [-0.1, -0.05) is 30.3 Å². The van der Waals surface area contributed by atoms with E-state index in [4.69, 9.17) is 15.2 Å². The van der Waals surface area contributed by atoms with Crippen LogP contribution in [0.15, 0.2) is 53.5 Å². The Labute approximate surface area is 209 Å². The molecule has 3 rings (SSSR count). The van der Waals surface area contributed by atoms with E-state index in [0.29, 0.717) is 17.5 Å². The number of unbranched alkanes of at least 4 members (excludes halogenated alkanes) is 1. The minimum absolute atomic E-state index is 0. The fourth-order valence-electron chi connectivity index (χ4n) is 4.11. The predicted octanol–water partition coefficient (Wildman–Crippen LogP) is 4.78. The van der Waals surface area contributed by atoms with Crippen LogP contribution < -0.4 is 20.5 Å². The molecule has 1 aliphatic heterocycles. The van der Waals surface area contributed by atoms with Gasteiger partial charge in [-0.2, -0.15) is 0 Å². The number of nitrogens with two attached hydrogens (primary N) is 1. The lowest BCUT2D eigenvalue weighted by atomic mass is 9.90. The van der Waals surface area contributed by atoms with Gasteiger partial charge in [0.25, 0.3) is 0 Å². The Morgan fingerprint density at radius 3 is 2.44 bits per heavy atom. The van der Waals surface area contributed by atoms with Crippen molar-refractivity contribution in [1.29, 1.82) is 0 Å². The van der Waals surface area contributed by atoms with Crippen molar-refractivity contribution in [1.82, 2.24) is 4.90 Å². The highest BCUT2D eigenvalue weighted by atomic mass is 127. The Balaban J connectivity index is 0.00000363. The first kappa shape index (κ1) is 26.3. The molecule has 176 valence electrons. The van der Waals surface area contributed by atoms with Gasteiger partial charge in [0.2, 0.25) is 0 Å². The third kappa shape index (κ3) is 8.50. The van der Waals surface area contributed by atoms with Gasteiger partial charge in [-0.25, -0.2) is 0 Å². The zero-order chi connectivity index (χ0) is 21.9. The molecule has 2 aromatic carbocycles. The number of nitrogens with zero attached hydrogens (tertiary/aromatic N) is 2. The van der Waals surface area contributed by atoms with Crippen molar-refractivity contribution in [2.75, 3.05) is 45.7 Å². The third-order valence-electron chi connectivity index (χ3n) is 5.89. The van der Waals surface area contributed by atoms with Crippen LogP contribution in [0.3, 0.4) is 0 Å². The predicted molar refractivity (Wildman–Crippen MR) is 144 cm³/mol. The van der Waals surface area contributed by atoms with Gasteiger partial charge in [-0.15, -0.1) is 24.0 Å². The number of anilines is 1. The van der Waals surface area contributed by atoms with E-state index >= 15 is 0 Å². The molecule has 0 radical (unpaired) electrons. The summed E-state index contributed by atoms with van der Waals surface area (Å²) in [6.45, 7) is 4.31. The van der Waals surface area contributed by atoms with Crippen molar-refractivity contribution in [2.45, 2.75) is 32.1 Å². The lowest BCUT2D eigenvalue weighted by molar-refractivity contribution is 0.181. The third-order valence-corrected chi connectivity index (χ3v) is 5.89. The second-order valence-electron chi connectivity index (χ2n) is 8.14. The van der Waals surface area contributed by atoms with Gasteiger partial charge in [0.15, 0.2) is 17.5 Å². The van der Waals surface area contributed by atoms with Crippen LogP contribution in [0.5, 0.6) is 11.5 Å². The molecule has 1 heterocycles. The Morgan fingerprint density at radius 2 is 1.75 bits per heavy atom. The van der Waals surface area contributed by atoms with Crippen molar-refractivity contribution in [3.63, 3.8) is 0 Å². The van der Waals surface area contributed by atoms with Gasteiger partial charge in [0.1, 0.15) is 0 Å². The number of hydrogen-bond donors (Lipinski definition) is 2. The van der Waals surface area contributed by atoms with E-state index in [1.165, 1.54) is 37.9 Å². The number of hydrogen-bond acceptors (Lipinski definition) is 4. The van der Waals surface area contributed by atoms with Gasteiger partial charge in [-0.3, -0.25) is 4.99 Å². The number of likely N-dealkylation sites (tertiary alicyclic amines) is 1. The largest absolute Gasteiger partial charge is 0.493 e. The van der Waals surface area contributed by atoms with E-state index in [2.05, 4.69) is 45.5 Å². The van der Waals surface area contributed by atoms with E-state index in [-0.39, 0.29) is 24.0 Å². The summed E-state index contributed by atoms with van der Waals surface area (Å²) in [6, 6.07) is 16.5. The Kier molecular flexibility index (Phi) is 11.7. The number of aliphatic imine (C=N–C) groups is 1. The molecule has 0 bridgehead atoms. The van der Waals surface area contributed by atoms with E-state index in [0.717, 1.165) is 37.5 Å². The van der Waals surface area contributed by atoms with Gasteiger partial charge in [0.05, 0.1) is 14.2 Å². The first-order valence-electron chi connectivity index (χ1n) is 11.2. The molecule has 1 saturated heterocycles. The summed E-state index contributed by atoms with van der Waals surface area (Å²) in [6.07, 6.45) is 6.01. The lowest BCUT2D eigenvalue weighted by Crippen LogP contribution is -2.35. The van der Waals surface area contributed by atoms with Gasteiger partial charge in [-0.05, 0) is 75.4 Å². The lowest BCUT2D eigenvalue weighted by Gasteiger charge is -2.32. The highest BCUT2D eigenvalue weighted by Gasteiger charge is 2.18. The molecule has 1 aliphatic rings. The molecule has 1 fully saturated rings. The molecule has 0 saturated carbocycles. The minimum atomic E-state index is 0. The van der Waals surface area contributed by atoms with Crippen LogP contribution in [0.2, 0.25) is 0 Å². The molecule has 2 aromatic rings. The molecule has 3 N–H and O–H groups in total. The molecule has 0 unspecified atom stereocenters. The number of ether oxygens (including phenoxy) is 2. The molecule has 0 amide bonds. The maximum Gasteiger partial charge on any atom is 0.193 e. The van der Waals surface area contributed by atoms with Gasteiger partial charge < -0.3 is 25.4 Å². The van der Waals surface area contributed by atoms with Crippen molar-refractivity contribution in [3.05, 3.63) is 54.1 Å². The van der Waals surface area contributed by atoms with Gasteiger partial charge >= 0.3 is 0 Å². The van der Waals surface area contributed by atoms with Crippen LogP contribution in [-0.2, 0) is 6.42 Å². The number of benzene rings is 2. The Hall–Kier alpha value is -2.00. The SMILES string of the molecule is COc1ccc(NC(N)=NCCCCN2CCC(Cc3ccccc3)CC2)cc1OC.I. The maximum absolute atomic E-state index is 6.03. The van der Waals surface area contributed by atoms with Crippen LogP contribution in [0.1, 0.15) is 31.2 Å². The summed E-state index contributed by atoms with van der Waals surface area (Å²) in [5.41, 5.74) is 8.33. The molecule has 0 aromatic heterocycles. The van der Waals surface area contributed by atoms with Crippen LogP contribution in [0.25, 0.3) is 0 Å². The summed E-state index contributed by atoms with van der Waals surface area (Å²) < 4.78 is 10.6. The monoisotopic (exact) mass is 552 g/mol. The number of halogens is 1. The summed E-state index contributed by atoms with van der Waals surface area (Å²) in [7, 11) is 3.23. The molecule has 0 atom stereocenters. The zero-order valence-corrected chi connectivity index (χ0v) is 21.6. The molecule has 32 heavy (non-hydrogen) atoms. The standard InChI is InChI=1S/C25H36N4O2.HI/c1-30-23-11-10-22(19-24(23)31-2)28-25(26)27-14-6-7-15-29-16-12-21(13-17-29)18-20-8-4-3-5-9-20;/h3-5,8-11,19,21H,6-7,12-18H2,1-2H3,(H3,26,27,28);1H. The quantitative estimate of drug-likeness (QED) is 0.192. The summed E-state index contributed by atoms with van der Waals surface area (Å²) in [5.74, 6) is 2.60. The Morgan fingerprint density at radius 1 is 1.03 bits per heavy atom. The zero-order valence-electron chi connectivity index (χ0n) is 19.3. The first-order chi connectivity index (χ1) is 15.2. The van der Waals surface area contributed by atoms with Crippen molar-refractivity contribution in [2.24, 2.45) is 16.6 Å². The summed E-state index contributed by atoms with van der Waals surface area (Å²) in [5, 5.41) is 3.11. The van der Waals surface area contributed by atoms with Crippen LogP contribution in [-0.4, -0.2) is 51.3 Å². The normalized spacial score (nSPS) is 15.1. The van der Waals surface area contributed by atoms with Crippen molar-refractivity contribution >= 4 is 35.6 Å². The molecular weight excluding hydrogens is 515 g/mol. The topological polar surface area (TPSA) is 72.1 Å². The van der Waals surface area contributed by atoms with Gasteiger partial charge in [0, 0.05) is 18.3 Å². The molecule has 0 aliphatic carbocycles. The summed E-state index contributed by atoms with van der Waals surface area (Å²) in [4.78, 5) is 7.05. The number of methoxy groups -OCH3 is 2. The second-order valence-corrected chi connectivity index (χ2v) is 8.14. The number of rotatable bonds is 10. The average Bonchev–Trinajstić information content (AvgIpc) is 2.80.